The van der Waals surface area contributed by atoms with Crippen LogP contribution >= 0.6 is 11.6 Å². The zero-order valence-corrected chi connectivity index (χ0v) is 22.2. The number of aromatic nitrogens is 1. The second-order valence-corrected chi connectivity index (χ2v) is 10.3. The van der Waals surface area contributed by atoms with Crippen LogP contribution in [0.5, 0.6) is 0 Å². The van der Waals surface area contributed by atoms with Crippen LogP contribution in [0.15, 0.2) is 36.5 Å². The lowest BCUT2D eigenvalue weighted by Gasteiger charge is -2.37. The van der Waals surface area contributed by atoms with E-state index in [4.69, 9.17) is 11.6 Å². The molecule has 1 saturated carbocycles. The van der Waals surface area contributed by atoms with E-state index in [0.29, 0.717) is 23.4 Å². The summed E-state index contributed by atoms with van der Waals surface area (Å²) < 4.78 is 0. The number of carbonyl (C=O) groups is 5. The summed E-state index contributed by atoms with van der Waals surface area (Å²) >= 11 is 5.80. The molecule has 0 radical (unpaired) electrons. The first-order chi connectivity index (χ1) is 18.5. The number of halogens is 1. The predicted molar refractivity (Wildman–Crippen MR) is 141 cm³/mol. The van der Waals surface area contributed by atoms with Gasteiger partial charge in [-0.15, -0.1) is 0 Å². The van der Waals surface area contributed by atoms with Crippen molar-refractivity contribution in [3.63, 3.8) is 0 Å². The van der Waals surface area contributed by atoms with Gasteiger partial charge in [0.25, 0.3) is 5.91 Å². The van der Waals surface area contributed by atoms with E-state index in [-0.39, 0.29) is 37.2 Å². The van der Waals surface area contributed by atoms with E-state index in [1.165, 1.54) is 28.1 Å². The zero-order valence-electron chi connectivity index (χ0n) is 21.4. The van der Waals surface area contributed by atoms with Gasteiger partial charge in [0.1, 0.15) is 5.82 Å². The zero-order chi connectivity index (χ0) is 28.3. The van der Waals surface area contributed by atoms with Gasteiger partial charge in [-0.3, -0.25) is 24.1 Å². The first kappa shape index (κ1) is 27.8. The van der Waals surface area contributed by atoms with Crippen molar-refractivity contribution < 1.29 is 29.1 Å². The van der Waals surface area contributed by atoms with Crippen molar-refractivity contribution in [3.05, 3.63) is 58.2 Å². The molecule has 4 N–H and O–H groups in total. The maximum Gasteiger partial charge on any atom is 0.407 e. The van der Waals surface area contributed by atoms with Crippen molar-refractivity contribution >= 4 is 47.1 Å². The summed E-state index contributed by atoms with van der Waals surface area (Å²) in [6.07, 6.45) is 1.41. The molecule has 3 atom stereocenters. The van der Waals surface area contributed by atoms with Crippen molar-refractivity contribution in [2.24, 2.45) is 5.92 Å². The number of carboxylic acid groups (broad SMARTS) is 1. The van der Waals surface area contributed by atoms with Gasteiger partial charge in [0.2, 0.25) is 5.91 Å². The van der Waals surface area contributed by atoms with Crippen LogP contribution in [0.4, 0.5) is 10.6 Å². The van der Waals surface area contributed by atoms with Gasteiger partial charge in [0.05, 0.1) is 11.1 Å². The highest BCUT2D eigenvalue weighted by Crippen LogP contribution is 2.28. The molecule has 5 amide bonds. The number of pyridine rings is 1. The van der Waals surface area contributed by atoms with Crippen molar-refractivity contribution in [1.82, 2.24) is 25.4 Å². The summed E-state index contributed by atoms with van der Waals surface area (Å²) in [5, 5.41) is 17.7. The Morgan fingerprint density at radius 1 is 0.974 bits per heavy atom. The van der Waals surface area contributed by atoms with Gasteiger partial charge in [-0.05, 0) is 54.7 Å². The monoisotopic (exact) mass is 556 g/mol. The highest BCUT2D eigenvalue weighted by atomic mass is 35.5. The van der Waals surface area contributed by atoms with Crippen LogP contribution in [-0.2, 0) is 27.5 Å². The maximum atomic E-state index is 13.2. The van der Waals surface area contributed by atoms with Crippen LogP contribution in [0.3, 0.4) is 0 Å². The van der Waals surface area contributed by atoms with Gasteiger partial charge in [0.15, 0.2) is 0 Å². The minimum atomic E-state index is -1.04. The Balaban J connectivity index is 1.46. The lowest BCUT2D eigenvalue weighted by molar-refractivity contribution is -0.137. The van der Waals surface area contributed by atoms with Crippen LogP contribution in [0.1, 0.15) is 40.7 Å². The average molecular weight is 557 g/mol. The molecular formula is C26H29ClN6O6. The number of benzene rings is 1. The molecule has 39 heavy (non-hydrogen) atoms. The van der Waals surface area contributed by atoms with Gasteiger partial charge in [-0.25, -0.2) is 9.78 Å². The Bertz CT molecular complexity index is 1300. The second kappa shape index (κ2) is 11.7. The molecule has 0 spiro atoms. The smallest absolute Gasteiger partial charge is 0.407 e. The van der Waals surface area contributed by atoms with E-state index < -0.39 is 35.9 Å². The quantitative estimate of drug-likeness (QED) is 0.408. The molecular weight excluding hydrogens is 528 g/mol. The number of nitrogens with zero attached hydrogens (tertiary/aromatic N) is 3. The molecule has 2 aliphatic rings. The maximum absolute atomic E-state index is 13.2. The van der Waals surface area contributed by atoms with Gasteiger partial charge in [-0.2, -0.15) is 0 Å². The summed E-state index contributed by atoms with van der Waals surface area (Å²) in [5.74, 6) is -2.56. The largest absolute Gasteiger partial charge is 0.465 e. The minimum Gasteiger partial charge on any atom is -0.465 e. The number of hydrogen-bond acceptors (Lipinski definition) is 6. The van der Waals surface area contributed by atoms with E-state index >= 15 is 0 Å². The van der Waals surface area contributed by atoms with Crippen molar-refractivity contribution in [2.45, 2.75) is 44.4 Å². The Hall–Kier alpha value is -4.19. The molecule has 0 unspecified atom stereocenters. The lowest BCUT2D eigenvalue weighted by Crippen LogP contribution is -2.57. The molecule has 206 valence electrons. The molecule has 1 aromatic carbocycles. The van der Waals surface area contributed by atoms with E-state index in [9.17, 15) is 29.1 Å². The molecule has 0 saturated heterocycles. The lowest BCUT2D eigenvalue weighted by atomic mass is 9.81. The number of amides is 5. The molecule has 2 aromatic rings. The predicted octanol–water partition coefficient (Wildman–Crippen LogP) is 1.84. The fourth-order valence-corrected chi connectivity index (χ4v) is 4.98. The normalized spacial score (nSPS) is 20.0. The first-order valence-corrected chi connectivity index (χ1v) is 12.7. The number of hydrogen-bond donors (Lipinski definition) is 4. The van der Waals surface area contributed by atoms with Crippen LogP contribution in [0.25, 0.3) is 0 Å². The summed E-state index contributed by atoms with van der Waals surface area (Å²) in [4.78, 5) is 69.1. The standard InChI is InChI=1S/C26H29ClN6O6/c1-32(2)25(37)15-5-7-19(29-23(35)24(36)31-21-8-6-18(27)11-28-21)20(10-15)30-22(34)14-3-4-16-12-33(26(38)39)13-17(16)9-14/h3-4,6,8-9,11,15,19-20H,5,7,10,12-13H2,1-2H3,(H,29,35)(H,30,34)(H,38,39)(H,28,31,36)/t15-,19-,20+/m0/s1. The molecule has 2 heterocycles. The van der Waals surface area contributed by atoms with Crippen LogP contribution in [-0.4, -0.2) is 75.8 Å². The number of fused-ring (bicyclic) bond motifs is 1. The Morgan fingerprint density at radius 3 is 2.38 bits per heavy atom. The van der Waals surface area contributed by atoms with Gasteiger partial charge < -0.3 is 26.0 Å². The number of nitrogens with one attached hydrogen (secondary N) is 3. The van der Waals surface area contributed by atoms with Crippen molar-refractivity contribution in [3.8, 4) is 0 Å². The third-order valence-corrected chi connectivity index (χ3v) is 7.13. The first-order valence-electron chi connectivity index (χ1n) is 12.4. The number of anilines is 1. The molecule has 1 aliphatic heterocycles. The summed E-state index contributed by atoms with van der Waals surface area (Å²) in [6, 6.07) is 6.74. The number of carbonyl (C=O) groups excluding carboxylic acids is 4. The topological polar surface area (TPSA) is 161 Å². The molecule has 1 fully saturated rings. The third-order valence-electron chi connectivity index (χ3n) is 6.91. The fourth-order valence-electron chi connectivity index (χ4n) is 4.87. The van der Waals surface area contributed by atoms with Crippen molar-refractivity contribution in [2.75, 3.05) is 19.4 Å². The van der Waals surface area contributed by atoms with Crippen LogP contribution < -0.4 is 16.0 Å². The molecule has 1 aliphatic carbocycles. The van der Waals surface area contributed by atoms with E-state index in [2.05, 4.69) is 20.9 Å². The van der Waals surface area contributed by atoms with Crippen molar-refractivity contribution in [1.29, 1.82) is 0 Å². The van der Waals surface area contributed by atoms with E-state index in [1.807, 2.05) is 0 Å². The van der Waals surface area contributed by atoms with Crippen LogP contribution in [0, 0.1) is 5.92 Å². The highest BCUT2D eigenvalue weighted by Gasteiger charge is 2.37. The Labute approximate surface area is 229 Å². The Kier molecular flexibility index (Phi) is 8.34. The Morgan fingerprint density at radius 2 is 1.72 bits per heavy atom. The van der Waals surface area contributed by atoms with E-state index in [0.717, 1.165) is 11.1 Å². The summed E-state index contributed by atoms with van der Waals surface area (Å²) in [7, 11) is 3.31. The summed E-state index contributed by atoms with van der Waals surface area (Å²) in [6.45, 7) is 0.441. The van der Waals surface area contributed by atoms with E-state index in [1.54, 1.807) is 32.3 Å². The molecule has 4 rings (SSSR count). The number of rotatable bonds is 5. The minimum absolute atomic E-state index is 0.0862. The van der Waals surface area contributed by atoms with Gasteiger partial charge in [0, 0.05) is 50.9 Å². The SMILES string of the molecule is CN(C)C(=O)[C@H]1CC[C@H](NC(=O)C(=O)Nc2ccc(Cl)cn2)[C@H](NC(=O)c2ccc3c(c2)CN(C(=O)O)C3)C1. The molecule has 13 heteroatoms. The van der Waals surface area contributed by atoms with Gasteiger partial charge >= 0.3 is 17.9 Å². The van der Waals surface area contributed by atoms with Gasteiger partial charge in [-0.1, -0.05) is 17.7 Å². The van der Waals surface area contributed by atoms with Crippen LogP contribution in [0.2, 0.25) is 5.02 Å². The second-order valence-electron chi connectivity index (χ2n) is 9.84. The third kappa shape index (κ3) is 6.63. The summed E-state index contributed by atoms with van der Waals surface area (Å²) in [5.41, 5.74) is 1.90. The fraction of sp³-hybridized carbons (Fsp3) is 0.385. The average Bonchev–Trinajstić information content (AvgIpc) is 3.34. The highest BCUT2D eigenvalue weighted by molar-refractivity contribution is 6.39. The molecule has 0 bridgehead atoms. The molecule has 12 nitrogen and oxygen atoms in total. The molecule has 1 aromatic heterocycles.